The number of nitrogens with zero attached hydrogens (tertiary/aromatic N) is 1. The minimum atomic E-state index is 0.586. The molecule has 0 aliphatic heterocycles. The SMILES string of the molecule is C=Cc1[nH]nc(OCC)c1C=C. The molecule has 1 heterocycles. The molecule has 1 aromatic heterocycles. The fraction of sp³-hybridized carbons (Fsp3) is 0.222. The van der Waals surface area contributed by atoms with Crippen LogP contribution in [0.15, 0.2) is 13.2 Å². The number of rotatable bonds is 4. The molecule has 0 aliphatic rings. The lowest BCUT2D eigenvalue weighted by Gasteiger charge is -1.98. The molecule has 0 aromatic carbocycles. The second kappa shape index (κ2) is 3.76. The summed E-state index contributed by atoms with van der Waals surface area (Å²) in [6.45, 7) is 9.82. The van der Waals surface area contributed by atoms with E-state index in [1.807, 2.05) is 6.92 Å². The van der Waals surface area contributed by atoms with Gasteiger partial charge < -0.3 is 4.74 Å². The van der Waals surface area contributed by atoms with Gasteiger partial charge in [0.05, 0.1) is 17.9 Å². The molecule has 64 valence electrons. The minimum Gasteiger partial charge on any atom is -0.476 e. The summed E-state index contributed by atoms with van der Waals surface area (Å²) >= 11 is 0. The van der Waals surface area contributed by atoms with Crippen LogP contribution >= 0.6 is 0 Å². The summed E-state index contributed by atoms with van der Waals surface area (Å²) in [7, 11) is 0. The van der Waals surface area contributed by atoms with E-state index in [9.17, 15) is 0 Å². The summed E-state index contributed by atoms with van der Waals surface area (Å²) in [5.41, 5.74) is 1.71. The standard InChI is InChI=1S/C9H12N2O/c1-4-7-8(5-2)10-11-9(7)12-6-3/h4-5H,1-2,6H2,3H3,(H,10,11). The first kappa shape index (κ1) is 8.59. The van der Waals surface area contributed by atoms with Crippen molar-refractivity contribution in [2.75, 3.05) is 6.61 Å². The Bertz CT molecular complexity index is 289. The van der Waals surface area contributed by atoms with E-state index in [0.717, 1.165) is 11.3 Å². The number of hydrogen-bond donors (Lipinski definition) is 1. The van der Waals surface area contributed by atoms with Crippen molar-refractivity contribution in [2.24, 2.45) is 0 Å². The predicted octanol–water partition coefficient (Wildman–Crippen LogP) is 2.09. The van der Waals surface area contributed by atoms with Gasteiger partial charge in [0.15, 0.2) is 0 Å². The Hall–Kier alpha value is -1.51. The van der Waals surface area contributed by atoms with Gasteiger partial charge in [0.1, 0.15) is 0 Å². The lowest BCUT2D eigenvalue weighted by Crippen LogP contribution is -1.92. The number of aromatic nitrogens is 2. The molecule has 0 saturated carbocycles. The Morgan fingerprint density at radius 1 is 1.50 bits per heavy atom. The Morgan fingerprint density at radius 3 is 2.75 bits per heavy atom. The summed E-state index contributed by atoms with van der Waals surface area (Å²) in [5.74, 6) is 0.586. The lowest BCUT2D eigenvalue weighted by atomic mass is 10.2. The first-order valence-electron chi connectivity index (χ1n) is 3.79. The van der Waals surface area contributed by atoms with E-state index in [1.54, 1.807) is 12.2 Å². The minimum absolute atomic E-state index is 0.586. The zero-order chi connectivity index (χ0) is 8.97. The monoisotopic (exact) mass is 164 g/mol. The average Bonchev–Trinajstić information content (AvgIpc) is 2.47. The third-order valence-corrected chi connectivity index (χ3v) is 1.49. The maximum absolute atomic E-state index is 5.25. The molecule has 0 spiro atoms. The fourth-order valence-electron chi connectivity index (χ4n) is 0.946. The zero-order valence-corrected chi connectivity index (χ0v) is 7.13. The molecule has 0 fully saturated rings. The Morgan fingerprint density at radius 2 is 2.25 bits per heavy atom. The van der Waals surface area contributed by atoms with Gasteiger partial charge in [-0.05, 0) is 13.0 Å². The van der Waals surface area contributed by atoms with E-state index < -0.39 is 0 Å². The quantitative estimate of drug-likeness (QED) is 0.740. The highest BCUT2D eigenvalue weighted by molar-refractivity contribution is 5.64. The molecule has 1 rings (SSSR count). The number of H-pyrrole nitrogens is 1. The van der Waals surface area contributed by atoms with Crippen molar-refractivity contribution < 1.29 is 4.74 Å². The molecule has 3 nitrogen and oxygen atoms in total. The molecule has 0 atom stereocenters. The fourth-order valence-corrected chi connectivity index (χ4v) is 0.946. The second-order valence-electron chi connectivity index (χ2n) is 2.20. The maximum Gasteiger partial charge on any atom is 0.240 e. The van der Waals surface area contributed by atoms with Crippen molar-refractivity contribution in [3.05, 3.63) is 24.4 Å². The van der Waals surface area contributed by atoms with Crippen LogP contribution in [0.5, 0.6) is 5.88 Å². The summed E-state index contributed by atoms with van der Waals surface area (Å²) in [4.78, 5) is 0. The third kappa shape index (κ3) is 1.39. The van der Waals surface area contributed by atoms with Crippen molar-refractivity contribution in [2.45, 2.75) is 6.92 Å². The Labute approximate surface area is 71.8 Å². The molecule has 3 heteroatoms. The van der Waals surface area contributed by atoms with E-state index in [-0.39, 0.29) is 0 Å². The molecule has 0 amide bonds. The van der Waals surface area contributed by atoms with Crippen molar-refractivity contribution in [3.63, 3.8) is 0 Å². The smallest absolute Gasteiger partial charge is 0.240 e. The molecule has 12 heavy (non-hydrogen) atoms. The first-order chi connectivity index (χ1) is 5.83. The van der Waals surface area contributed by atoms with Crippen molar-refractivity contribution >= 4 is 12.2 Å². The van der Waals surface area contributed by atoms with Crippen molar-refractivity contribution in [1.82, 2.24) is 10.2 Å². The number of aromatic amines is 1. The molecule has 0 aliphatic carbocycles. The largest absolute Gasteiger partial charge is 0.476 e. The summed E-state index contributed by atoms with van der Waals surface area (Å²) < 4.78 is 5.25. The summed E-state index contributed by atoms with van der Waals surface area (Å²) in [6, 6.07) is 0. The van der Waals surface area contributed by atoms with Crippen LogP contribution in [0.2, 0.25) is 0 Å². The van der Waals surface area contributed by atoms with Crippen LogP contribution in [-0.2, 0) is 0 Å². The third-order valence-electron chi connectivity index (χ3n) is 1.49. The van der Waals surface area contributed by atoms with Gasteiger partial charge in [-0.1, -0.05) is 19.2 Å². The molecular weight excluding hydrogens is 152 g/mol. The van der Waals surface area contributed by atoms with Crippen LogP contribution in [0.3, 0.4) is 0 Å². The second-order valence-corrected chi connectivity index (χ2v) is 2.20. The van der Waals surface area contributed by atoms with Crippen LogP contribution in [0.25, 0.3) is 12.2 Å². The molecule has 0 radical (unpaired) electrons. The van der Waals surface area contributed by atoms with Gasteiger partial charge in [-0.2, -0.15) is 0 Å². The highest BCUT2D eigenvalue weighted by Crippen LogP contribution is 2.20. The van der Waals surface area contributed by atoms with E-state index in [1.165, 1.54) is 0 Å². The Balaban J connectivity index is 3.04. The summed E-state index contributed by atoms with van der Waals surface area (Å²) in [6.07, 6.45) is 3.39. The van der Waals surface area contributed by atoms with Crippen LogP contribution in [0, 0.1) is 0 Å². The molecular formula is C9H12N2O. The van der Waals surface area contributed by atoms with Gasteiger partial charge in [0, 0.05) is 0 Å². The van der Waals surface area contributed by atoms with Gasteiger partial charge >= 0.3 is 0 Å². The number of nitrogens with one attached hydrogen (secondary N) is 1. The molecule has 0 bridgehead atoms. The van der Waals surface area contributed by atoms with Gasteiger partial charge in [0.25, 0.3) is 0 Å². The predicted molar refractivity (Wildman–Crippen MR) is 49.9 cm³/mol. The van der Waals surface area contributed by atoms with Crippen LogP contribution in [0.4, 0.5) is 0 Å². The zero-order valence-electron chi connectivity index (χ0n) is 7.13. The van der Waals surface area contributed by atoms with Gasteiger partial charge in [0.2, 0.25) is 5.88 Å². The molecule has 1 aromatic rings. The highest BCUT2D eigenvalue weighted by Gasteiger charge is 2.07. The van der Waals surface area contributed by atoms with E-state index in [0.29, 0.717) is 12.5 Å². The van der Waals surface area contributed by atoms with Crippen molar-refractivity contribution in [1.29, 1.82) is 0 Å². The van der Waals surface area contributed by atoms with Gasteiger partial charge in [-0.15, -0.1) is 5.10 Å². The first-order valence-corrected chi connectivity index (χ1v) is 3.79. The Kier molecular flexibility index (Phi) is 2.69. The van der Waals surface area contributed by atoms with Gasteiger partial charge in [-0.3, -0.25) is 5.10 Å². The van der Waals surface area contributed by atoms with E-state index in [4.69, 9.17) is 4.74 Å². The summed E-state index contributed by atoms with van der Waals surface area (Å²) in [5, 5.41) is 6.75. The van der Waals surface area contributed by atoms with E-state index >= 15 is 0 Å². The molecule has 0 saturated heterocycles. The average molecular weight is 164 g/mol. The van der Waals surface area contributed by atoms with Crippen LogP contribution < -0.4 is 4.74 Å². The van der Waals surface area contributed by atoms with Crippen LogP contribution in [-0.4, -0.2) is 16.8 Å². The highest BCUT2D eigenvalue weighted by atomic mass is 16.5. The topological polar surface area (TPSA) is 37.9 Å². The van der Waals surface area contributed by atoms with Gasteiger partial charge in [-0.25, -0.2) is 0 Å². The number of hydrogen-bond acceptors (Lipinski definition) is 2. The van der Waals surface area contributed by atoms with E-state index in [2.05, 4.69) is 23.4 Å². The lowest BCUT2D eigenvalue weighted by molar-refractivity contribution is 0.325. The maximum atomic E-state index is 5.25. The normalized spacial score (nSPS) is 9.42. The molecule has 1 N–H and O–H groups in total. The van der Waals surface area contributed by atoms with Crippen molar-refractivity contribution in [3.8, 4) is 5.88 Å². The number of ether oxygens (including phenoxy) is 1. The van der Waals surface area contributed by atoms with Crippen LogP contribution in [0.1, 0.15) is 18.2 Å². The molecule has 0 unspecified atom stereocenters.